The summed E-state index contributed by atoms with van der Waals surface area (Å²) < 4.78 is 10.3. The third-order valence-corrected chi connectivity index (χ3v) is 2.51. The van der Waals surface area contributed by atoms with Gasteiger partial charge in [-0.1, -0.05) is 12.1 Å². The fourth-order valence-electron chi connectivity index (χ4n) is 1.48. The molecule has 0 aliphatic heterocycles. The van der Waals surface area contributed by atoms with Crippen molar-refractivity contribution < 1.29 is 14.3 Å². The molecule has 1 aromatic carbocycles. The standard InChI is InChI=1S/C15H21NO3/c1-3-19-12-4-11-16-15(17)10-7-13-5-8-14(18-2)9-6-13/h5-10H,3-4,11-12H2,1-2H3,(H,16,17)/b10-7+. The fourth-order valence-corrected chi connectivity index (χ4v) is 1.48. The van der Waals surface area contributed by atoms with Gasteiger partial charge < -0.3 is 14.8 Å². The average Bonchev–Trinajstić information content (AvgIpc) is 2.45. The molecule has 0 radical (unpaired) electrons. The number of amides is 1. The molecule has 0 atom stereocenters. The Labute approximate surface area is 114 Å². The SMILES string of the molecule is CCOCCCNC(=O)/C=C/c1ccc(OC)cc1. The highest BCUT2D eigenvalue weighted by Gasteiger charge is 1.95. The van der Waals surface area contributed by atoms with E-state index in [2.05, 4.69) is 5.32 Å². The number of methoxy groups -OCH3 is 1. The average molecular weight is 263 g/mol. The molecular weight excluding hydrogens is 242 g/mol. The van der Waals surface area contributed by atoms with Crippen molar-refractivity contribution in [2.75, 3.05) is 26.9 Å². The maximum atomic E-state index is 11.5. The largest absolute Gasteiger partial charge is 0.497 e. The monoisotopic (exact) mass is 263 g/mol. The Balaban J connectivity index is 2.28. The first kappa shape index (κ1) is 15.2. The molecule has 1 aromatic rings. The first-order chi connectivity index (χ1) is 9.26. The lowest BCUT2D eigenvalue weighted by Gasteiger charge is -2.02. The van der Waals surface area contributed by atoms with Crippen LogP contribution < -0.4 is 10.1 Å². The number of hydrogen-bond donors (Lipinski definition) is 1. The Hall–Kier alpha value is -1.81. The maximum absolute atomic E-state index is 11.5. The molecule has 1 amide bonds. The molecule has 0 fully saturated rings. The van der Waals surface area contributed by atoms with Gasteiger partial charge in [0.25, 0.3) is 0 Å². The number of hydrogen-bond acceptors (Lipinski definition) is 3. The summed E-state index contributed by atoms with van der Waals surface area (Å²) in [5, 5.41) is 2.80. The number of carbonyl (C=O) groups is 1. The highest BCUT2D eigenvalue weighted by atomic mass is 16.5. The number of ether oxygens (including phenoxy) is 2. The molecule has 0 heterocycles. The summed E-state index contributed by atoms with van der Waals surface area (Å²) in [6, 6.07) is 7.52. The molecule has 0 unspecified atom stereocenters. The van der Waals surface area contributed by atoms with E-state index in [1.54, 1.807) is 13.2 Å². The van der Waals surface area contributed by atoms with Crippen LogP contribution >= 0.6 is 0 Å². The highest BCUT2D eigenvalue weighted by molar-refractivity contribution is 5.91. The zero-order valence-corrected chi connectivity index (χ0v) is 11.5. The van der Waals surface area contributed by atoms with Crippen LogP contribution in [0.3, 0.4) is 0 Å². The number of benzene rings is 1. The van der Waals surface area contributed by atoms with Gasteiger partial charge in [-0.25, -0.2) is 0 Å². The fraction of sp³-hybridized carbons (Fsp3) is 0.400. The van der Waals surface area contributed by atoms with Crippen molar-refractivity contribution in [3.05, 3.63) is 35.9 Å². The van der Waals surface area contributed by atoms with E-state index >= 15 is 0 Å². The summed E-state index contributed by atoms with van der Waals surface area (Å²) in [6.07, 6.45) is 4.13. The van der Waals surface area contributed by atoms with Gasteiger partial charge in [0, 0.05) is 25.8 Å². The number of rotatable bonds is 8. The minimum absolute atomic E-state index is 0.0904. The first-order valence-electron chi connectivity index (χ1n) is 6.44. The van der Waals surface area contributed by atoms with Crippen LogP contribution in [0.25, 0.3) is 6.08 Å². The van der Waals surface area contributed by atoms with Crippen LogP contribution in [0, 0.1) is 0 Å². The molecule has 1 N–H and O–H groups in total. The zero-order valence-electron chi connectivity index (χ0n) is 11.5. The van der Waals surface area contributed by atoms with Crippen molar-refractivity contribution in [2.45, 2.75) is 13.3 Å². The quantitative estimate of drug-likeness (QED) is 0.578. The second-order valence-electron chi connectivity index (χ2n) is 3.95. The van der Waals surface area contributed by atoms with Gasteiger partial charge in [-0.15, -0.1) is 0 Å². The molecule has 4 heteroatoms. The van der Waals surface area contributed by atoms with Gasteiger partial charge >= 0.3 is 0 Å². The molecule has 4 nitrogen and oxygen atoms in total. The van der Waals surface area contributed by atoms with Crippen molar-refractivity contribution in [2.24, 2.45) is 0 Å². The van der Waals surface area contributed by atoms with Crippen molar-refractivity contribution in [3.8, 4) is 5.75 Å². The molecule has 0 aromatic heterocycles. The predicted octanol–water partition coefficient (Wildman–Crippen LogP) is 2.25. The molecule has 1 rings (SSSR count). The van der Waals surface area contributed by atoms with E-state index in [1.807, 2.05) is 31.2 Å². The summed E-state index contributed by atoms with van der Waals surface area (Å²) >= 11 is 0. The second kappa shape index (κ2) is 9.16. The van der Waals surface area contributed by atoms with Gasteiger partial charge in [0.15, 0.2) is 0 Å². The van der Waals surface area contributed by atoms with Crippen LogP contribution in [0.2, 0.25) is 0 Å². The zero-order chi connectivity index (χ0) is 13.9. The Morgan fingerprint density at radius 2 is 2.05 bits per heavy atom. The van der Waals surface area contributed by atoms with Crippen LogP contribution in [0.4, 0.5) is 0 Å². The summed E-state index contributed by atoms with van der Waals surface area (Å²) in [6.45, 7) is 3.98. The molecule has 0 aliphatic rings. The lowest BCUT2D eigenvalue weighted by Crippen LogP contribution is -2.23. The van der Waals surface area contributed by atoms with Crippen molar-refractivity contribution in [1.82, 2.24) is 5.32 Å². The molecule has 19 heavy (non-hydrogen) atoms. The van der Waals surface area contributed by atoms with Gasteiger partial charge in [0.1, 0.15) is 5.75 Å². The van der Waals surface area contributed by atoms with Gasteiger partial charge in [-0.2, -0.15) is 0 Å². The topological polar surface area (TPSA) is 47.6 Å². The van der Waals surface area contributed by atoms with Crippen LogP contribution in [0.1, 0.15) is 18.9 Å². The summed E-state index contributed by atoms with van der Waals surface area (Å²) in [7, 11) is 1.63. The van der Waals surface area contributed by atoms with Crippen LogP contribution in [-0.4, -0.2) is 32.8 Å². The molecule has 0 saturated heterocycles. The smallest absolute Gasteiger partial charge is 0.244 e. The minimum atomic E-state index is -0.0904. The highest BCUT2D eigenvalue weighted by Crippen LogP contribution is 2.12. The van der Waals surface area contributed by atoms with Crippen LogP contribution in [0.15, 0.2) is 30.3 Å². The van der Waals surface area contributed by atoms with Gasteiger partial charge in [-0.05, 0) is 37.1 Å². The van der Waals surface area contributed by atoms with E-state index in [0.29, 0.717) is 19.8 Å². The Kier molecular flexibility index (Phi) is 7.35. The predicted molar refractivity (Wildman–Crippen MR) is 76.1 cm³/mol. The van der Waals surface area contributed by atoms with Gasteiger partial charge in [0.05, 0.1) is 7.11 Å². The second-order valence-corrected chi connectivity index (χ2v) is 3.95. The molecule has 0 saturated carbocycles. The Morgan fingerprint density at radius 1 is 1.32 bits per heavy atom. The van der Waals surface area contributed by atoms with Crippen molar-refractivity contribution in [1.29, 1.82) is 0 Å². The third-order valence-electron chi connectivity index (χ3n) is 2.51. The van der Waals surface area contributed by atoms with Gasteiger partial charge in [-0.3, -0.25) is 4.79 Å². The number of carbonyl (C=O) groups excluding carboxylic acids is 1. The van der Waals surface area contributed by atoms with Crippen molar-refractivity contribution in [3.63, 3.8) is 0 Å². The van der Waals surface area contributed by atoms with E-state index < -0.39 is 0 Å². The van der Waals surface area contributed by atoms with Crippen molar-refractivity contribution >= 4 is 12.0 Å². The summed E-state index contributed by atoms with van der Waals surface area (Å²) in [4.78, 5) is 11.5. The molecule has 0 spiro atoms. The van der Waals surface area contributed by atoms with Crippen LogP contribution in [0.5, 0.6) is 5.75 Å². The Bertz CT molecular complexity index is 398. The van der Waals surface area contributed by atoms with E-state index in [-0.39, 0.29) is 5.91 Å². The Morgan fingerprint density at radius 3 is 2.68 bits per heavy atom. The molecule has 0 bridgehead atoms. The van der Waals surface area contributed by atoms with E-state index in [9.17, 15) is 4.79 Å². The van der Waals surface area contributed by atoms with E-state index in [4.69, 9.17) is 9.47 Å². The van der Waals surface area contributed by atoms with E-state index in [0.717, 1.165) is 17.7 Å². The first-order valence-corrected chi connectivity index (χ1v) is 6.44. The molecular formula is C15H21NO3. The summed E-state index contributed by atoms with van der Waals surface area (Å²) in [5.41, 5.74) is 0.963. The normalized spacial score (nSPS) is 10.6. The minimum Gasteiger partial charge on any atom is -0.497 e. The lowest BCUT2D eigenvalue weighted by molar-refractivity contribution is -0.116. The molecule has 104 valence electrons. The van der Waals surface area contributed by atoms with E-state index in [1.165, 1.54) is 6.08 Å². The lowest BCUT2D eigenvalue weighted by atomic mass is 10.2. The molecule has 0 aliphatic carbocycles. The number of nitrogens with one attached hydrogen (secondary N) is 1. The maximum Gasteiger partial charge on any atom is 0.244 e. The summed E-state index contributed by atoms with van der Waals surface area (Å²) in [5.74, 6) is 0.713. The van der Waals surface area contributed by atoms with Crippen LogP contribution in [-0.2, 0) is 9.53 Å². The third kappa shape index (κ3) is 6.62. The van der Waals surface area contributed by atoms with Gasteiger partial charge in [0.2, 0.25) is 5.91 Å².